The third-order valence-corrected chi connectivity index (χ3v) is 6.17. The van der Waals surface area contributed by atoms with Crippen LogP contribution in [0.4, 0.5) is 5.69 Å². The quantitative estimate of drug-likeness (QED) is 0.796. The Morgan fingerprint density at radius 2 is 1.61 bits per heavy atom. The summed E-state index contributed by atoms with van der Waals surface area (Å²) in [6, 6.07) is 10.4. The van der Waals surface area contributed by atoms with Crippen molar-refractivity contribution in [2.45, 2.75) is 22.5 Å². The van der Waals surface area contributed by atoms with Crippen molar-refractivity contribution in [3.05, 3.63) is 65.0 Å². The second kappa shape index (κ2) is 6.14. The number of nitrogens with zero attached hydrogens (tertiary/aromatic N) is 1. The zero-order valence-electron chi connectivity index (χ0n) is 12.6. The van der Waals surface area contributed by atoms with Crippen molar-refractivity contribution in [2.24, 2.45) is 0 Å². The fourth-order valence-corrected chi connectivity index (χ4v) is 4.53. The van der Waals surface area contributed by atoms with Gasteiger partial charge in [0.15, 0.2) is 25.4 Å². The standard InChI is InChI=1S/C16H15NO4S2/c1-12-4-8-15(9-5-12)23(20,21)11-13-6-7-14(17-2)10-16(13)22(3,18)19/h4-10H,11H2,1,3H3. The van der Waals surface area contributed by atoms with Crippen molar-refractivity contribution in [3.63, 3.8) is 0 Å². The van der Waals surface area contributed by atoms with Gasteiger partial charge in [-0.05, 0) is 30.7 Å². The van der Waals surface area contributed by atoms with Crippen molar-refractivity contribution in [3.8, 4) is 0 Å². The lowest BCUT2D eigenvalue weighted by Crippen LogP contribution is -2.09. The minimum atomic E-state index is -3.67. The van der Waals surface area contributed by atoms with Gasteiger partial charge >= 0.3 is 0 Å². The molecule has 0 heterocycles. The van der Waals surface area contributed by atoms with Crippen LogP contribution in [-0.2, 0) is 25.4 Å². The van der Waals surface area contributed by atoms with Gasteiger partial charge in [-0.25, -0.2) is 21.7 Å². The molecule has 120 valence electrons. The summed E-state index contributed by atoms with van der Waals surface area (Å²) in [5, 5.41) is 0. The molecule has 0 N–H and O–H groups in total. The van der Waals surface area contributed by atoms with Gasteiger partial charge in [0.25, 0.3) is 0 Å². The molecule has 0 unspecified atom stereocenters. The van der Waals surface area contributed by atoms with E-state index in [0.29, 0.717) is 0 Å². The molecule has 0 aliphatic carbocycles. The number of aryl methyl sites for hydroxylation is 1. The summed E-state index contributed by atoms with van der Waals surface area (Å²) in [4.78, 5) is 3.20. The molecule has 0 spiro atoms. The molecule has 23 heavy (non-hydrogen) atoms. The average molecular weight is 349 g/mol. The number of rotatable bonds is 4. The van der Waals surface area contributed by atoms with Gasteiger partial charge in [-0.3, -0.25) is 0 Å². The van der Waals surface area contributed by atoms with E-state index in [1.807, 2.05) is 6.92 Å². The van der Waals surface area contributed by atoms with Crippen LogP contribution in [0.1, 0.15) is 11.1 Å². The molecule has 2 aromatic rings. The van der Waals surface area contributed by atoms with Crippen LogP contribution in [0.25, 0.3) is 4.85 Å². The average Bonchev–Trinajstić information content (AvgIpc) is 2.46. The maximum absolute atomic E-state index is 12.5. The van der Waals surface area contributed by atoms with E-state index in [-0.39, 0.29) is 21.0 Å². The van der Waals surface area contributed by atoms with Gasteiger partial charge in [-0.15, -0.1) is 0 Å². The SMILES string of the molecule is [C-]#[N+]c1ccc(CS(=O)(=O)c2ccc(C)cc2)c(S(C)(=O)=O)c1. The molecule has 0 bridgehead atoms. The lowest BCUT2D eigenvalue weighted by Gasteiger charge is -2.10. The van der Waals surface area contributed by atoms with E-state index in [0.717, 1.165) is 11.8 Å². The number of hydrogen-bond acceptors (Lipinski definition) is 4. The number of benzene rings is 2. The lowest BCUT2D eigenvalue weighted by atomic mass is 10.2. The first-order valence-electron chi connectivity index (χ1n) is 6.63. The van der Waals surface area contributed by atoms with E-state index in [2.05, 4.69) is 4.85 Å². The molecule has 0 amide bonds. The molecule has 0 atom stereocenters. The van der Waals surface area contributed by atoms with Crippen molar-refractivity contribution in [2.75, 3.05) is 6.26 Å². The molecule has 0 aliphatic rings. The minimum Gasteiger partial charge on any atom is -0.238 e. The van der Waals surface area contributed by atoms with E-state index in [4.69, 9.17) is 6.57 Å². The maximum atomic E-state index is 12.5. The highest BCUT2D eigenvalue weighted by molar-refractivity contribution is 7.91. The maximum Gasteiger partial charge on any atom is 0.188 e. The highest BCUT2D eigenvalue weighted by Gasteiger charge is 2.21. The molecule has 2 rings (SSSR count). The topological polar surface area (TPSA) is 72.6 Å². The molecule has 0 aliphatic heterocycles. The Morgan fingerprint density at radius 3 is 2.13 bits per heavy atom. The Balaban J connectivity index is 2.52. The predicted molar refractivity (Wildman–Crippen MR) is 87.9 cm³/mol. The summed E-state index contributed by atoms with van der Waals surface area (Å²) in [5.41, 5.74) is 1.25. The van der Waals surface area contributed by atoms with E-state index >= 15 is 0 Å². The summed E-state index contributed by atoms with van der Waals surface area (Å²) in [6.45, 7) is 8.81. The van der Waals surface area contributed by atoms with E-state index < -0.39 is 25.4 Å². The molecular weight excluding hydrogens is 334 g/mol. The van der Waals surface area contributed by atoms with Crippen LogP contribution in [0.15, 0.2) is 52.3 Å². The first-order chi connectivity index (χ1) is 10.6. The van der Waals surface area contributed by atoms with Gasteiger partial charge in [0.05, 0.1) is 22.1 Å². The van der Waals surface area contributed by atoms with Crippen LogP contribution < -0.4 is 0 Å². The first-order valence-corrected chi connectivity index (χ1v) is 10.2. The van der Waals surface area contributed by atoms with Crippen molar-refractivity contribution in [1.82, 2.24) is 0 Å². The molecule has 2 aromatic carbocycles. The molecule has 0 radical (unpaired) electrons. The summed E-state index contributed by atoms with van der Waals surface area (Å²) in [5.74, 6) is -0.434. The molecule has 5 nitrogen and oxygen atoms in total. The summed E-state index contributed by atoms with van der Waals surface area (Å²) < 4.78 is 48.8. The summed E-state index contributed by atoms with van der Waals surface area (Å²) in [6.07, 6.45) is 0.998. The number of sulfone groups is 2. The van der Waals surface area contributed by atoms with Crippen molar-refractivity contribution in [1.29, 1.82) is 0 Å². The zero-order valence-corrected chi connectivity index (χ0v) is 14.3. The molecule has 0 saturated carbocycles. The summed E-state index contributed by atoms with van der Waals surface area (Å²) >= 11 is 0. The molecular formula is C16H15NO4S2. The second-order valence-corrected chi connectivity index (χ2v) is 9.22. The van der Waals surface area contributed by atoms with Crippen LogP contribution >= 0.6 is 0 Å². The lowest BCUT2D eigenvalue weighted by molar-refractivity contribution is 0.594. The zero-order chi connectivity index (χ0) is 17.3. The van der Waals surface area contributed by atoms with Crippen LogP contribution in [0.3, 0.4) is 0 Å². The van der Waals surface area contributed by atoms with Crippen molar-refractivity contribution >= 4 is 25.4 Å². The minimum absolute atomic E-state index is 0.123. The summed E-state index contributed by atoms with van der Waals surface area (Å²) in [7, 11) is -7.31. The normalized spacial score (nSPS) is 11.9. The van der Waals surface area contributed by atoms with E-state index in [9.17, 15) is 16.8 Å². The second-order valence-electron chi connectivity index (χ2n) is 5.25. The van der Waals surface area contributed by atoms with Gasteiger partial charge in [0.1, 0.15) is 0 Å². The Kier molecular flexibility index (Phi) is 4.59. The monoisotopic (exact) mass is 349 g/mol. The van der Waals surface area contributed by atoms with E-state index in [1.54, 1.807) is 12.1 Å². The van der Waals surface area contributed by atoms with Crippen LogP contribution in [0, 0.1) is 13.5 Å². The Labute approximate surface area is 136 Å². The predicted octanol–water partition coefficient (Wildman–Crippen LogP) is 2.92. The molecule has 0 fully saturated rings. The molecule has 0 saturated heterocycles. The molecule has 7 heteroatoms. The largest absolute Gasteiger partial charge is 0.238 e. The van der Waals surface area contributed by atoms with Crippen LogP contribution in [0.5, 0.6) is 0 Å². The van der Waals surface area contributed by atoms with Crippen LogP contribution in [-0.4, -0.2) is 23.1 Å². The Morgan fingerprint density at radius 1 is 1.00 bits per heavy atom. The fraction of sp³-hybridized carbons (Fsp3) is 0.188. The van der Waals surface area contributed by atoms with Gasteiger partial charge < -0.3 is 0 Å². The van der Waals surface area contributed by atoms with Gasteiger partial charge in [-0.2, -0.15) is 0 Å². The fourth-order valence-electron chi connectivity index (χ4n) is 2.11. The smallest absolute Gasteiger partial charge is 0.188 e. The highest BCUT2D eigenvalue weighted by Crippen LogP contribution is 2.26. The highest BCUT2D eigenvalue weighted by atomic mass is 32.2. The third kappa shape index (κ3) is 3.97. The third-order valence-electron chi connectivity index (χ3n) is 3.30. The first kappa shape index (κ1) is 17.2. The van der Waals surface area contributed by atoms with Gasteiger partial charge in [0.2, 0.25) is 0 Å². The van der Waals surface area contributed by atoms with Crippen LogP contribution in [0.2, 0.25) is 0 Å². The van der Waals surface area contributed by atoms with Crippen molar-refractivity contribution < 1.29 is 16.8 Å². The Bertz CT molecular complexity index is 983. The van der Waals surface area contributed by atoms with E-state index in [1.165, 1.54) is 30.3 Å². The molecule has 0 aromatic heterocycles. The van der Waals surface area contributed by atoms with Gasteiger partial charge in [0, 0.05) is 6.26 Å². The van der Waals surface area contributed by atoms with Gasteiger partial charge in [-0.1, -0.05) is 29.8 Å². The Hall–Kier alpha value is -2.17. The number of hydrogen-bond donors (Lipinski definition) is 0.